The summed E-state index contributed by atoms with van der Waals surface area (Å²) in [5.74, 6) is 0.123. The van der Waals surface area contributed by atoms with Crippen molar-refractivity contribution in [1.82, 2.24) is 4.90 Å². The van der Waals surface area contributed by atoms with E-state index in [4.69, 9.17) is 5.26 Å². The number of hydrogen-bond acceptors (Lipinski definition) is 3. The maximum Gasteiger partial charge on any atom is 0.219 e. The number of nitriles is 1. The lowest BCUT2D eigenvalue weighted by Crippen LogP contribution is -2.48. The number of anilines is 1. The van der Waals surface area contributed by atoms with Crippen LogP contribution in [0.4, 0.5) is 5.69 Å². The molecule has 0 aliphatic carbocycles. The lowest BCUT2D eigenvalue weighted by molar-refractivity contribution is -0.129. The van der Waals surface area contributed by atoms with Gasteiger partial charge in [-0.15, -0.1) is 0 Å². The summed E-state index contributed by atoms with van der Waals surface area (Å²) in [6.07, 6.45) is 0. The molecule has 1 fully saturated rings. The van der Waals surface area contributed by atoms with Crippen LogP contribution in [0.1, 0.15) is 40.2 Å². The summed E-state index contributed by atoms with van der Waals surface area (Å²) in [6, 6.07) is 9.80. The molecule has 0 aromatic heterocycles. The number of benzene rings is 1. The second-order valence-corrected chi connectivity index (χ2v) is 4.12. The number of piperazine rings is 1. The molecule has 4 nitrogen and oxygen atoms in total. The molecule has 1 aromatic carbocycles. The molecule has 116 valence electrons. The fourth-order valence-corrected chi connectivity index (χ4v) is 2.11. The highest BCUT2D eigenvalue weighted by molar-refractivity contribution is 5.73. The molecule has 0 unspecified atom stereocenters. The Morgan fingerprint density at radius 3 is 2.05 bits per heavy atom. The number of carbonyl (C=O) groups excluding carboxylic acids is 1. The topological polar surface area (TPSA) is 47.3 Å². The number of nitrogens with zero attached hydrogens (tertiary/aromatic N) is 3. The third kappa shape index (κ3) is 5.47. The first kappa shape index (κ1) is 19.0. The normalized spacial score (nSPS) is 13.1. The molecule has 21 heavy (non-hydrogen) atoms. The first-order chi connectivity index (χ1) is 10.2. The molecule has 1 aromatic rings. The van der Waals surface area contributed by atoms with Gasteiger partial charge in [-0.2, -0.15) is 5.26 Å². The minimum Gasteiger partial charge on any atom is -0.367 e. The van der Waals surface area contributed by atoms with Gasteiger partial charge < -0.3 is 9.80 Å². The van der Waals surface area contributed by atoms with Crippen LogP contribution in [0.5, 0.6) is 0 Å². The molecule has 0 radical (unpaired) electrons. The van der Waals surface area contributed by atoms with Crippen LogP contribution < -0.4 is 4.90 Å². The maximum absolute atomic E-state index is 11.2. The molecule has 0 atom stereocenters. The van der Waals surface area contributed by atoms with E-state index in [1.807, 2.05) is 56.9 Å². The third-order valence-electron chi connectivity index (χ3n) is 3.09. The number of hydrogen-bond donors (Lipinski definition) is 0. The summed E-state index contributed by atoms with van der Waals surface area (Å²) in [6.45, 7) is 12.6. The Morgan fingerprint density at radius 2 is 1.57 bits per heavy atom. The minimum absolute atomic E-state index is 0.123. The highest BCUT2D eigenvalue weighted by Crippen LogP contribution is 2.20. The second kappa shape index (κ2) is 10.7. The van der Waals surface area contributed by atoms with E-state index in [-0.39, 0.29) is 5.91 Å². The Labute approximate surface area is 129 Å². The van der Waals surface area contributed by atoms with Gasteiger partial charge in [0.25, 0.3) is 0 Å². The highest BCUT2D eigenvalue weighted by Gasteiger charge is 2.20. The lowest BCUT2D eigenvalue weighted by Gasteiger charge is -2.35. The van der Waals surface area contributed by atoms with Crippen molar-refractivity contribution in [3.8, 4) is 6.07 Å². The Balaban J connectivity index is 0.000000921. The molecule has 0 N–H and O–H groups in total. The first-order valence-electron chi connectivity index (χ1n) is 7.72. The Morgan fingerprint density at radius 1 is 1.05 bits per heavy atom. The van der Waals surface area contributed by atoms with Crippen molar-refractivity contribution < 1.29 is 4.79 Å². The van der Waals surface area contributed by atoms with E-state index in [2.05, 4.69) is 11.0 Å². The maximum atomic E-state index is 11.2. The molecule has 0 bridgehead atoms. The monoisotopic (exact) mass is 289 g/mol. The van der Waals surface area contributed by atoms with Crippen LogP contribution in [0.2, 0.25) is 0 Å². The molecule has 1 saturated heterocycles. The fourth-order valence-electron chi connectivity index (χ4n) is 2.11. The van der Waals surface area contributed by atoms with Crippen LogP contribution in [0.15, 0.2) is 24.3 Å². The van der Waals surface area contributed by atoms with Crippen LogP contribution in [-0.4, -0.2) is 37.0 Å². The number of carbonyl (C=O) groups is 1. The van der Waals surface area contributed by atoms with Crippen molar-refractivity contribution in [2.24, 2.45) is 0 Å². The largest absolute Gasteiger partial charge is 0.367 e. The molecule has 4 heteroatoms. The predicted octanol–water partition coefficient (Wildman–Crippen LogP) is 3.28. The predicted molar refractivity (Wildman–Crippen MR) is 88.3 cm³/mol. The van der Waals surface area contributed by atoms with Crippen LogP contribution in [-0.2, 0) is 4.79 Å². The molecule has 0 spiro atoms. The Kier molecular flexibility index (Phi) is 9.70. The van der Waals surface area contributed by atoms with Crippen molar-refractivity contribution in [3.63, 3.8) is 0 Å². The average Bonchev–Trinajstić information content (AvgIpc) is 2.58. The summed E-state index contributed by atoms with van der Waals surface area (Å²) < 4.78 is 0. The zero-order valence-corrected chi connectivity index (χ0v) is 13.9. The van der Waals surface area contributed by atoms with Gasteiger partial charge in [0, 0.05) is 33.1 Å². The van der Waals surface area contributed by atoms with Crippen LogP contribution >= 0.6 is 0 Å². The smallest absolute Gasteiger partial charge is 0.219 e. The standard InChI is InChI=1S/C13H15N3O.2C2H6/c1-11(17)15-6-8-16(9-7-15)13-5-3-2-4-12(13)10-14;2*1-2/h2-5H,6-9H2,1H3;2*1-2H3. The van der Waals surface area contributed by atoms with Crippen molar-refractivity contribution in [2.45, 2.75) is 34.6 Å². The van der Waals surface area contributed by atoms with E-state index in [0.29, 0.717) is 5.56 Å². The summed E-state index contributed by atoms with van der Waals surface area (Å²) in [5.41, 5.74) is 1.67. The van der Waals surface area contributed by atoms with E-state index in [1.165, 1.54) is 0 Å². The molecular weight excluding hydrogens is 262 g/mol. The lowest BCUT2D eigenvalue weighted by atomic mass is 10.1. The van der Waals surface area contributed by atoms with E-state index < -0.39 is 0 Å². The van der Waals surface area contributed by atoms with Crippen molar-refractivity contribution in [3.05, 3.63) is 29.8 Å². The third-order valence-corrected chi connectivity index (χ3v) is 3.09. The zero-order valence-electron chi connectivity index (χ0n) is 13.9. The Bertz CT molecular complexity index is 457. The number of amides is 1. The van der Waals surface area contributed by atoms with E-state index in [9.17, 15) is 4.79 Å². The van der Waals surface area contributed by atoms with Crippen LogP contribution in [0.3, 0.4) is 0 Å². The van der Waals surface area contributed by atoms with Crippen molar-refractivity contribution >= 4 is 11.6 Å². The van der Waals surface area contributed by atoms with Gasteiger partial charge in [0.1, 0.15) is 6.07 Å². The summed E-state index contributed by atoms with van der Waals surface area (Å²) in [4.78, 5) is 15.2. The van der Waals surface area contributed by atoms with Gasteiger partial charge in [-0.05, 0) is 12.1 Å². The summed E-state index contributed by atoms with van der Waals surface area (Å²) in [5, 5.41) is 9.05. The summed E-state index contributed by atoms with van der Waals surface area (Å²) in [7, 11) is 0. The fraction of sp³-hybridized carbons (Fsp3) is 0.529. The molecule has 1 amide bonds. The van der Waals surface area contributed by atoms with Gasteiger partial charge in [0.05, 0.1) is 11.3 Å². The zero-order chi connectivity index (χ0) is 16.3. The van der Waals surface area contributed by atoms with Crippen molar-refractivity contribution in [1.29, 1.82) is 5.26 Å². The van der Waals surface area contributed by atoms with Crippen molar-refractivity contribution in [2.75, 3.05) is 31.1 Å². The number of rotatable bonds is 1. The van der Waals surface area contributed by atoms with Gasteiger partial charge in [-0.3, -0.25) is 4.79 Å². The summed E-state index contributed by atoms with van der Waals surface area (Å²) >= 11 is 0. The van der Waals surface area contributed by atoms with E-state index in [0.717, 1.165) is 31.9 Å². The van der Waals surface area contributed by atoms with Crippen LogP contribution in [0, 0.1) is 11.3 Å². The average molecular weight is 289 g/mol. The molecule has 1 heterocycles. The van der Waals surface area contributed by atoms with E-state index >= 15 is 0 Å². The van der Waals surface area contributed by atoms with Gasteiger partial charge in [0.15, 0.2) is 0 Å². The SMILES string of the molecule is CC.CC.CC(=O)N1CCN(c2ccccc2C#N)CC1. The molecule has 1 aliphatic rings. The van der Waals surface area contributed by atoms with Crippen LogP contribution in [0.25, 0.3) is 0 Å². The second-order valence-electron chi connectivity index (χ2n) is 4.12. The molecule has 0 saturated carbocycles. The van der Waals surface area contributed by atoms with Gasteiger partial charge >= 0.3 is 0 Å². The highest BCUT2D eigenvalue weighted by atomic mass is 16.2. The molecule has 2 rings (SSSR count). The van der Waals surface area contributed by atoms with E-state index in [1.54, 1.807) is 6.92 Å². The van der Waals surface area contributed by atoms with Gasteiger partial charge in [-0.25, -0.2) is 0 Å². The first-order valence-corrected chi connectivity index (χ1v) is 7.72. The molecular formula is C17H27N3O. The quantitative estimate of drug-likeness (QED) is 0.797. The number of para-hydroxylation sites is 1. The Hall–Kier alpha value is -2.02. The van der Waals surface area contributed by atoms with Gasteiger partial charge in [0.2, 0.25) is 5.91 Å². The van der Waals surface area contributed by atoms with Gasteiger partial charge in [-0.1, -0.05) is 39.8 Å². The minimum atomic E-state index is 0.123. The molecule has 1 aliphatic heterocycles.